The first-order valence-corrected chi connectivity index (χ1v) is 8.93. The molecule has 6 nitrogen and oxygen atoms in total. The molecule has 0 heterocycles. The maximum absolute atomic E-state index is 12.2. The fraction of sp³-hybridized carbons (Fsp3) is 0.333. The van der Waals surface area contributed by atoms with Crippen molar-refractivity contribution in [3.8, 4) is 11.5 Å². The van der Waals surface area contributed by atoms with Crippen molar-refractivity contribution in [1.29, 1.82) is 0 Å². The van der Waals surface area contributed by atoms with Crippen LogP contribution in [-0.4, -0.2) is 30.2 Å². The molecule has 27 heavy (non-hydrogen) atoms. The van der Waals surface area contributed by atoms with E-state index in [2.05, 4.69) is 5.32 Å². The number of hydrogen-bond donors (Lipinski definition) is 2. The van der Waals surface area contributed by atoms with E-state index in [0.717, 1.165) is 16.9 Å². The zero-order chi connectivity index (χ0) is 19.6. The van der Waals surface area contributed by atoms with Crippen LogP contribution in [0.1, 0.15) is 37.4 Å². The van der Waals surface area contributed by atoms with E-state index in [-0.39, 0.29) is 18.6 Å². The maximum atomic E-state index is 12.2. The van der Waals surface area contributed by atoms with Gasteiger partial charge in [0.25, 0.3) is 0 Å². The van der Waals surface area contributed by atoms with Crippen molar-refractivity contribution in [2.75, 3.05) is 13.2 Å². The first-order valence-electron chi connectivity index (χ1n) is 8.93. The molecule has 0 aromatic heterocycles. The average Bonchev–Trinajstić information content (AvgIpc) is 2.66. The van der Waals surface area contributed by atoms with Gasteiger partial charge in [0.2, 0.25) is 5.91 Å². The van der Waals surface area contributed by atoms with Crippen molar-refractivity contribution in [2.24, 2.45) is 0 Å². The van der Waals surface area contributed by atoms with Crippen LogP contribution in [0.4, 0.5) is 0 Å². The highest BCUT2D eigenvalue weighted by Crippen LogP contribution is 2.18. The summed E-state index contributed by atoms with van der Waals surface area (Å²) in [6, 6.07) is 14.6. The van der Waals surface area contributed by atoms with Crippen LogP contribution < -0.4 is 14.8 Å². The van der Waals surface area contributed by atoms with E-state index >= 15 is 0 Å². The summed E-state index contributed by atoms with van der Waals surface area (Å²) in [5, 5.41) is 11.6. The predicted octanol–water partition coefficient (Wildman–Crippen LogP) is 3.36. The maximum Gasteiger partial charge on any atom is 0.341 e. The lowest BCUT2D eigenvalue weighted by Crippen LogP contribution is -2.26. The van der Waals surface area contributed by atoms with Crippen molar-refractivity contribution in [1.82, 2.24) is 5.32 Å². The second-order valence-electron chi connectivity index (χ2n) is 6.12. The molecule has 1 atom stereocenters. The molecule has 0 aliphatic rings. The first kappa shape index (κ1) is 20.3. The van der Waals surface area contributed by atoms with Crippen molar-refractivity contribution in [3.63, 3.8) is 0 Å². The minimum Gasteiger partial charge on any atom is -0.494 e. The largest absolute Gasteiger partial charge is 0.494 e. The highest BCUT2D eigenvalue weighted by molar-refractivity contribution is 5.76. The second-order valence-corrected chi connectivity index (χ2v) is 6.12. The summed E-state index contributed by atoms with van der Waals surface area (Å²) in [5.74, 6) is 0.264. The number of hydrogen-bond acceptors (Lipinski definition) is 4. The van der Waals surface area contributed by atoms with Gasteiger partial charge >= 0.3 is 5.97 Å². The number of aryl methyl sites for hydroxylation is 1. The highest BCUT2D eigenvalue weighted by atomic mass is 16.5. The van der Waals surface area contributed by atoms with Crippen LogP contribution in [0.3, 0.4) is 0 Å². The van der Waals surface area contributed by atoms with Crippen molar-refractivity contribution in [3.05, 3.63) is 59.7 Å². The molecular formula is C21H25NO5. The van der Waals surface area contributed by atoms with Crippen LogP contribution in [0, 0.1) is 0 Å². The molecule has 0 saturated heterocycles. The Bertz CT molecular complexity index is 740. The van der Waals surface area contributed by atoms with Gasteiger partial charge in [-0.2, -0.15) is 0 Å². The number of carboxylic acid groups (broad SMARTS) is 1. The van der Waals surface area contributed by atoms with Gasteiger partial charge in [0, 0.05) is 6.42 Å². The van der Waals surface area contributed by atoms with E-state index in [0.29, 0.717) is 25.2 Å². The van der Waals surface area contributed by atoms with E-state index in [4.69, 9.17) is 14.6 Å². The lowest BCUT2D eigenvalue weighted by Gasteiger charge is -2.15. The quantitative estimate of drug-likeness (QED) is 0.669. The number of rotatable bonds is 10. The molecule has 2 aromatic carbocycles. The van der Waals surface area contributed by atoms with E-state index in [1.807, 2.05) is 50.2 Å². The second kappa shape index (κ2) is 10.2. The lowest BCUT2D eigenvalue weighted by atomic mass is 10.1. The van der Waals surface area contributed by atoms with E-state index in [9.17, 15) is 9.59 Å². The topological polar surface area (TPSA) is 84.9 Å². The molecule has 0 saturated carbocycles. The van der Waals surface area contributed by atoms with Crippen molar-refractivity contribution < 1.29 is 24.2 Å². The number of aliphatic carboxylic acids is 1. The van der Waals surface area contributed by atoms with Crippen molar-refractivity contribution in [2.45, 2.75) is 32.7 Å². The van der Waals surface area contributed by atoms with Crippen molar-refractivity contribution >= 4 is 11.9 Å². The average molecular weight is 371 g/mol. The molecule has 2 aromatic rings. The van der Waals surface area contributed by atoms with Gasteiger partial charge in [0.1, 0.15) is 11.5 Å². The summed E-state index contributed by atoms with van der Waals surface area (Å²) in [6.07, 6.45) is 1.06. The molecule has 144 valence electrons. The van der Waals surface area contributed by atoms with Gasteiger partial charge < -0.3 is 19.9 Å². The number of carboxylic acids is 1. The third-order valence-corrected chi connectivity index (χ3v) is 3.99. The van der Waals surface area contributed by atoms with E-state index in [1.54, 1.807) is 12.1 Å². The standard InChI is InChI=1S/C21H25NO5/c1-3-26-18-9-4-16(5-10-18)6-13-20(23)22-15(2)17-7-11-19(12-8-17)27-14-21(24)25/h4-5,7-12,15H,3,6,13-14H2,1-2H3,(H,22,23)(H,24,25). The smallest absolute Gasteiger partial charge is 0.341 e. The molecule has 0 fully saturated rings. The fourth-order valence-electron chi connectivity index (χ4n) is 2.57. The minimum absolute atomic E-state index is 0.0254. The summed E-state index contributed by atoms with van der Waals surface area (Å²) < 4.78 is 10.5. The third-order valence-electron chi connectivity index (χ3n) is 3.99. The highest BCUT2D eigenvalue weighted by Gasteiger charge is 2.10. The van der Waals surface area contributed by atoms with Crippen LogP contribution in [-0.2, 0) is 16.0 Å². The van der Waals surface area contributed by atoms with Crippen LogP contribution in [0.5, 0.6) is 11.5 Å². The molecule has 0 aliphatic heterocycles. The van der Waals surface area contributed by atoms with Crippen LogP contribution >= 0.6 is 0 Å². The fourth-order valence-corrected chi connectivity index (χ4v) is 2.57. The minimum atomic E-state index is -1.02. The van der Waals surface area contributed by atoms with Gasteiger partial charge in [0.05, 0.1) is 12.6 Å². The molecule has 0 spiro atoms. The number of ether oxygens (including phenoxy) is 2. The summed E-state index contributed by atoms with van der Waals surface area (Å²) in [7, 11) is 0. The van der Waals surface area contributed by atoms with Gasteiger partial charge in [-0.05, 0) is 55.7 Å². The molecule has 2 rings (SSSR count). The Morgan fingerprint density at radius 1 is 1.00 bits per heavy atom. The van der Waals surface area contributed by atoms with Crippen LogP contribution in [0.15, 0.2) is 48.5 Å². The number of amides is 1. The number of carbonyl (C=O) groups excluding carboxylic acids is 1. The van der Waals surface area contributed by atoms with E-state index < -0.39 is 5.97 Å². The molecule has 6 heteroatoms. The zero-order valence-electron chi connectivity index (χ0n) is 15.6. The zero-order valence-corrected chi connectivity index (χ0v) is 15.6. The van der Waals surface area contributed by atoms with Gasteiger partial charge in [-0.15, -0.1) is 0 Å². The number of benzene rings is 2. The molecule has 0 radical (unpaired) electrons. The Morgan fingerprint density at radius 2 is 1.59 bits per heavy atom. The Labute approximate surface area is 159 Å². The summed E-state index contributed by atoms with van der Waals surface area (Å²) in [4.78, 5) is 22.7. The molecule has 0 bridgehead atoms. The monoisotopic (exact) mass is 371 g/mol. The first-order chi connectivity index (χ1) is 13.0. The summed E-state index contributed by atoms with van der Waals surface area (Å²) in [5.41, 5.74) is 2.01. The normalized spacial score (nSPS) is 11.5. The third kappa shape index (κ3) is 7.01. The molecular weight excluding hydrogens is 346 g/mol. The lowest BCUT2D eigenvalue weighted by molar-refractivity contribution is -0.139. The Kier molecular flexibility index (Phi) is 7.67. The van der Waals surface area contributed by atoms with Gasteiger partial charge in [-0.1, -0.05) is 24.3 Å². The molecule has 0 aliphatic carbocycles. The predicted molar refractivity (Wildman–Crippen MR) is 102 cm³/mol. The number of carbonyl (C=O) groups is 2. The molecule has 1 unspecified atom stereocenters. The molecule has 1 amide bonds. The SMILES string of the molecule is CCOc1ccc(CCC(=O)NC(C)c2ccc(OCC(=O)O)cc2)cc1. The Morgan fingerprint density at radius 3 is 2.19 bits per heavy atom. The Balaban J connectivity index is 1.79. The van der Waals surface area contributed by atoms with Gasteiger partial charge in [-0.25, -0.2) is 4.79 Å². The van der Waals surface area contributed by atoms with Crippen LogP contribution in [0.2, 0.25) is 0 Å². The van der Waals surface area contributed by atoms with Crippen LogP contribution in [0.25, 0.3) is 0 Å². The van der Waals surface area contributed by atoms with Gasteiger partial charge in [-0.3, -0.25) is 4.79 Å². The summed E-state index contributed by atoms with van der Waals surface area (Å²) in [6.45, 7) is 4.10. The Hall–Kier alpha value is -3.02. The summed E-state index contributed by atoms with van der Waals surface area (Å²) >= 11 is 0. The molecule has 2 N–H and O–H groups in total. The number of nitrogens with one attached hydrogen (secondary N) is 1. The van der Waals surface area contributed by atoms with Gasteiger partial charge in [0.15, 0.2) is 6.61 Å². The van der Waals surface area contributed by atoms with E-state index in [1.165, 1.54) is 0 Å².